The molecule has 3 saturated heterocycles. The van der Waals surface area contributed by atoms with Crippen molar-refractivity contribution in [3.63, 3.8) is 0 Å². The second kappa shape index (κ2) is 7.94. The second-order valence-corrected chi connectivity index (χ2v) is 7.78. The first-order chi connectivity index (χ1) is 13.1. The molecule has 2 N–H and O–H groups in total. The van der Waals surface area contributed by atoms with Crippen LogP contribution in [-0.4, -0.2) is 53.8 Å². The lowest BCUT2D eigenvalue weighted by molar-refractivity contribution is -0.140. The Kier molecular flexibility index (Phi) is 5.41. The highest BCUT2D eigenvalue weighted by Crippen LogP contribution is 2.27. The number of hydrogen-bond donors (Lipinski definition) is 2. The average Bonchev–Trinajstić information content (AvgIpc) is 3.39. The van der Waals surface area contributed by atoms with E-state index in [9.17, 15) is 14.0 Å². The highest BCUT2D eigenvalue weighted by Gasteiger charge is 2.36. The van der Waals surface area contributed by atoms with Crippen LogP contribution in [0.5, 0.6) is 0 Å². The summed E-state index contributed by atoms with van der Waals surface area (Å²) >= 11 is 0. The molecule has 0 bridgehead atoms. The molecular formula is C20H27FN4O2. The Morgan fingerprint density at radius 3 is 2.30 bits per heavy atom. The monoisotopic (exact) mass is 374 g/mol. The number of likely N-dealkylation sites (tertiary alicyclic amines) is 2. The summed E-state index contributed by atoms with van der Waals surface area (Å²) < 4.78 is 14.0. The first kappa shape index (κ1) is 18.4. The minimum absolute atomic E-state index is 0.0356. The topological polar surface area (TPSA) is 64.7 Å². The molecule has 27 heavy (non-hydrogen) atoms. The van der Waals surface area contributed by atoms with Gasteiger partial charge in [0.1, 0.15) is 11.9 Å². The second-order valence-electron chi connectivity index (χ2n) is 7.78. The summed E-state index contributed by atoms with van der Waals surface area (Å²) in [7, 11) is 0. The number of nitrogens with one attached hydrogen (secondary N) is 2. The van der Waals surface area contributed by atoms with E-state index in [2.05, 4.69) is 10.9 Å². The Morgan fingerprint density at radius 1 is 0.926 bits per heavy atom. The summed E-state index contributed by atoms with van der Waals surface area (Å²) in [5, 5.41) is 0. The molecule has 3 aliphatic heterocycles. The van der Waals surface area contributed by atoms with Crippen LogP contribution >= 0.6 is 0 Å². The fourth-order valence-corrected chi connectivity index (χ4v) is 4.44. The van der Waals surface area contributed by atoms with E-state index in [0.717, 1.165) is 38.8 Å². The van der Waals surface area contributed by atoms with Crippen molar-refractivity contribution in [1.29, 1.82) is 0 Å². The maximum absolute atomic E-state index is 14.0. The van der Waals surface area contributed by atoms with Crippen molar-refractivity contribution >= 4 is 11.8 Å². The maximum Gasteiger partial charge on any atom is 0.241 e. The van der Waals surface area contributed by atoms with Gasteiger partial charge in [-0.1, -0.05) is 18.2 Å². The van der Waals surface area contributed by atoms with Crippen molar-refractivity contribution in [3.05, 3.63) is 35.6 Å². The first-order valence-electron chi connectivity index (χ1n) is 9.96. The van der Waals surface area contributed by atoms with E-state index in [1.54, 1.807) is 18.2 Å². The van der Waals surface area contributed by atoms with Crippen LogP contribution < -0.4 is 10.9 Å². The van der Waals surface area contributed by atoms with Crippen LogP contribution in [0.1, 0.15) is 43.7 Å². The molecule has 0 aromatic heterocycles. The molecule has 2 atom stereocenters. The van der Waals surface area contributed by atoms with Gasteiger partial charge in [-0.3, -0.25) is 9.59 Å². The number of carbonyl (C=O) groups excluding carboxylic acids is 2. The van der Waals surface area contributed by atoms with Gasteiger partial charge in [-0.2, -0.15) is 0 Å². The van der Waals surface area contributed by atoms with Gasteiger partial charge in [0.25, 0.3) is 0 Å². The summed E-state index contributed by atoms with van der Waals surface area (Å²) in [5.74, 6) is 0.0902. The van der Waals surface area contributed by atoms with E-state index < -0.39 is 0 Å². The van der Waals surface area contributed by atoms with Crippen LogP contribution in [-0.2, 0) is 9.59 Å². The van der Waals surface area contributed by atoms with Gasteiger partial charge in [0, 0.05) is 37.7 Å². The third-order valence-electron chi connectivity index (χ3n) is 6.06. The van der Waals surface area contributed by atoms with Crippen LogP contribution in [0.4, 0.5) is 4.39 Å². The average molecular weight is 374 g/mol. The largest absolute Gasteiger partial charge is 0.342 e. The smallest absolute Gasteiger partial charge is 0.241 e. The van der Waals surface area contributed by atoms with Crippen LogP contribution in [0.3, 0.4) is 0 Å². The predicted octanol–water partition coefficient (Wildman–Crippen LogP) is 1.59. The Labute approximate surface area is 159 Å². The van der Waals surface area contributed by atoms with E-state index in [0.29, 0.717) is 25.1 Å². The zero-order valence-corrected chi connectivity index (χ0v) is 15.5. The lowest BCUT2D eigenvalue weighted by Gasteiger charge is -2.34. The van der Waals surface area contributed by atoms with Crippen LogP contribution in [0, 0.1) is 11.7 Å². The van der Waals surface area contributed by atoms with Crippen molar-refractivity contribution in [1.82, 2.24) is 20.7 Å². The minimum atomic E-state index is -0.361. The first-order valence-corrected chi connectivity index (χ1v) is 9.96. The van der Waals surface area contributed by atoms with Crippen LogP contribution in [0.25, 0.3) is 0 Å². The van der Waals surface area contributed by atoms with E-state index >= 15 is 0 Å². The highest BCUT2D eigenvalue weighted by atomic mass is 19.1. The Morgan fingerprint density at radius 2 is 1.59 bits per heavy atom. The molecule has 2 unspecified atom stereocenters. The lowest BCUT2D eigenvalue weighted by atomic mass is 9.94. The van der Waals surface area contributed by atoms with Gasteiger partial charge in [0.15, 0.2) is 0 Å². The lowest BCUT2D eigenvalue weighted by Crippen LogP contribution is -2.50. The highest BCUT2D eigenvalue weighted by molar-refractivity contribution is 5.83. The zero-order chi connectivity index (χ0) is 18.8. The van der Waals surface area contributed by atoms with Gasteiger partial charge in [-0.05, 0) is 38.2 Å². The molecular weight excluding hydrogens is 347 g/mol. The molecule has 3 aliphatic rings. The molecule has 1 aromatic rings. The van der Waals surface area contributed by atoms with Crippen molar-refractivity contribution in [2.75, 3.05) is 26.2 Å². The number of carbonyl (C=O) groups is 2. The van der Waals surface area contributed by atoms with Gasteiger partial charge >= 0.3 is 0 Å². The molecule has 0 aliphatic carbocycles. The normalized spacial score (nSPS) is 26.6. The van der Waals surface area contributed by atoms with Crippen molar-refractivity contribution in [2.24, 2.45) is 5.92 Å². The number of hydrazine groups is 1. The van der Waals surface area contributed by atoms with Crippen molar-refractivity contribution < 1.29 is 14.0 Å². The molecule has 3 fully saturated rings. The summed E-state index contributed by atoms with van der Waals surface area (Å²) in [4.78, 5) is 29.2. The fourth-order valence-electron chi connectivity index (χ4n) is 4.44. The SMILES string of the molecule is O=C(C1CCN(C(=O)C2CC(c3ccccc3F)NN2)CC1)N1CCCC1. The minimum Gasteiger partial charge on any atom is -0.342 e. The van der Waals surface area contributed by atoms with Crippen LogP contribution in [0.2, 0.25) is 0 Å². The maximum atomic E-state index is 14.0. The third kappa shape index (κ3) is 3.84. The Hall–Kier alpha value is -1.99. The number of piperidine rings is 1. The van der Waals surface area contributed by atoms with E-state index in [4.69, 9.17) is 0 Å². The van der Waals surface area contributed by atoms with Gasteiger partial charge in [-0.25, -0.2) is 15.2 Å². The molecule has 146 valence electrons. The summed E-state index contributed by atoms with van der Waals surface area (Å²) in [6.07, 6.45) is 4.20. The number of halogens is 1. The van der Waals surface area contributed by atoms with Gasteiger partial charge in [0.2, 0.25) is 11.8 Å². The standard InChI is InChI=1S/C20H27FN4O2/c21-16-6-2-1-5-15(16)17-13-18(23-22-17)20(27)25-11-7-14(8-12-25)19(26)24-9-3-4-10-24/h1-2,5-6,14,17-18,22-23H,3-4,7-13H2. The van der Waals surface area contributed by atoms with E-state index in [-0.39, 0.29) is 35.6 Å². The number of hydrogen-bond acceptors (Lipinski definition) is 4. The van der Waals surface area contributed by atoms with Crippen molar-refractivity contribution in [3.8, 4) is 0 Å². The molecule has 0 saturated carbocycles. The van der Waals surface area contributed by atoms with Crippen molar-refractivity contribution in [2.45, 2.75) is 44.2 Å². The van der Waals surface area contributed by atoms with Crippen LogP contribution in [0.15, 0.2) is 24.3 Å². The summed E-state index contributed by atoms with van der Waals surface area (Å²) in [6, 6.07) is 6.08. The molecule has 0 spiro atoms. The molecule has 7 heteroatoms. The quantitative estimate of drug-likeness (QED) is 0.844. The summed E-state index contributed by atoms with van der Waals surface area (Å²) in [5.41, 5.74) is 6.65. The van der Waals surface area contributed by atoms with Gasteiger partial charge in [0.05, 0.1) is 6.04 Å². The molecule has 6 nitrogen and oxygen atoms in total. The number of nitrogens with zero attached hydrogens (tertiary/aromatic N) is 2. The number of amides is 2. The number of rotatable bonds is 3. The Bertz CT molecular complexity index is 699. The molecule has 3 heterocycles. The van der Waals surface area contributed by atoms with E-state index in [1.165, 1.54) is 6.07 Å². The van der Waals surface area contributed by atoms with Gasteiger partial charge in [-0.15, -0.1) is 0 Å². The fraction of sp³-hybridized carbons (Fsp3) is 0.600. The van der Waals surface area contributed by atoms with Gasteiger partial charge < -0.3 is 9.80 Å². The summed E-state index contributed by atoms with van der Waals surface area (Å²) in [6.45, 7) is 3.00. The molecule has 1 aromatic carbocycles. The molecule has 4 rings (SSSR count). The molecule has 0 radical (unpaired) electrons. The number of benzene rings is 1. The predicted molar refractivity (Wildman–Crippen MR) is 98.9 cm³/mol. The zero-order valence-electron chi connectivity index (χ0n) is 15.5. The molecule has 2 amide bonds. The Balaban J connectivity index is 1.30. The van der Waals surface area contributed by atoms with E-state index in [1.807, 2.05) is 9.80 Å². The third-order valence-corrected chi connectivity index (χ3v) is 6.06.